The molecule has 1 unspecified atom stereocenters. The Hall–Kier alpha value is -4.19. The lowest BCUT2D eigenvalue weighted by molar-refractivity contribution is -0.166. The van der Waals surface area contributed by atoms with Crippen molar-refractivity contribution >= 4 is 17.9 Å². The lowest BCUT2D eigenvalue weighted by Crippen LogP contribution is -2.30. The van der Waals surface area contributed by atoms with Gasteiger partial charge in [-0.3, -0.25) is 14.4 Å². The predicted molar refractivity (Wildman–Crippen MR) is 260 cm³/mol. The van der Waals surface area contributed by atoms with Crippen molar-refractivity contribution in [1.29, 1.82) is 0 Å². The highest BCUT2D eigenvalue weighted by Gasteiger charge is 2.19. The van der Waals surface area contributed by atoms with E-state index in [4.69, 9.17) is 14.2 Å². The van der Waals surface area contributed by atoms with E-state index in [-0.39, 0.29) is 38.0 Å². The smallest absolute Gasteiger partial charge is 0.306 e. The molecule has 0 aromatic rings. The second-order valence-electron chi connectivity index (χ2n) is 15.4. The predicted octanol–water partition coefficient (Wildman–Crippen LogP) is 15.7. The van der Waals surface area contributed by atoms with Crippen LogP contribution in [-0.4, -0.2) is 37.2 Å². The Morgan fingerprint density at radius 3 is 1.31 bits per heavy atom. The summed E-state index contributed by atoms with van der Waals surface area (Å²) < 4.78 is 16.6. The Morgan fingerprint density at radius 1 is 0.361 bits per heavy atom. The van der Waals surface area contributed by atoms with Gasteiger partial charge in [-0.15, -0.1) is 0 Å². The molecular formula is C55H86O6. The van der Waals surface area contributed by atoms with Crippen molar-refractivity contribution in [3.63, 3.8) is 0 Å². The second-order valence-corrected chi connectivity index (χ2v) is 15.4. The van der Waals surface area contributed by atoms with E-state index >= 15 is 0 Å². The molecule has 0 heterocycles. The van der Waals surface area contributed by atoms with Crippen LogP contribution in [0.25, 0.3) is 0 Å². The number of allylic oxidation sites excluding steroid dienone is 20. The van der Waals surface area contributed by atoms with Crippen LogP contribution < -0.4 is 0 Å². The number of hydrogen-bond acceptors (Lipinski definition) is 6. The summed E-state index contributed by atoms with van der Waals surface area (Å²) in [5, 5.41) is 0. The lowest BCUT2D eigenvalue weighted by atomic mass is 10.1. The summed E-state index contributed by atoms with van der Waals surface area (Å²) in [6.45, 7) is 6.31. The zero-order valence-corrected chi connectivity index (χ0v) is 38.9. The summed E-state index contributed by atoms with van der Waals surface area (Å²) >= 11 is 0. The minimum atomic E-state index is -0.840. The normalized spacial score (nSPS) is 13.2. The van der Waals surface area contributed by atoms with Gasteiger partial charge >= 0.3 is 17.9 Å². The highest BCUT2D eigenvalue weighted by Crippen LogP contribution is 2.11. The van der Waals surface area contributed by atoms with Gasteiger partial charge in [-0.1, -0.05) is 194 Å². The standard InChI is InChI=1S/C55H86O6/c1-4-7-10-13-16-19-21-23-25-27-28-30-31-33-36-39-42-45-48-54(57)60-51-52(50-59-53(56)47-44-41-38-35-18-15-12-9-6-3)61-55(58)49-46-43-40-37-34-32-29-26-24-22-20-17-14-11-8-5-2/h8,11,16-17,19-21,23-28,30,32,34-35,38,40,43,52H,4-7,9-10,12-15,18,22,29,31,33,36-37,39,41-42,44-51H2,1-3H3/b11-8-,19-16-,20-17-,23-21-,26-24-,27-25-,30-28-,34-32-,38-35-,43-40-. The fourth-order valence-corrected chi connectivity index (χ4v) is 5.92. The molecule has 0 N–H and O–H groups in total. The van der Waals surface area contributed by atoms with Crippen LogP contribution in [0.1, 0.15) is 188 Å². The molecule has 6 heteroatoms. The van der Waals surface area contributed by atoms with Crippen LogP contribution in [0.2, 0.25) is 0 Å². The van der Waals surface area contributed by atoms with Crippen molar-refractivity contribution in [2.24, 2.45) is 0 Å². The molecule has 0 saturated heterocycles. The molecule has 342 valence electrons. The van der Waals surface area contributed by atoms with Crippen LogP contribution in [-0.2, 0) is 28.6 Å². The molecule has 0 rings (SSSR count). The van der Waals surface area contributed by atoms with E-state index in [1.165, 1.54) is 44.9 Å². The average Bonchev–Trinajstić information content (AvgIpc) is 3.26. The van der Waals surface area contributed by atoms with Gasteiger partial charge in [0.2, 0.25) is 0 Å². The second kappa shape index (κ2) is 48.5. The Bertz CT molecular complexity index is 1340. The van der Waals surface area contributed by atoms with Crippen molar-refractivity contribution in [2.45, 2.75) is 194 Å². The van der Waals surface area contributed by atoms with E-state index in [1.54, 1.807) is 0 Å². The maximum absolute atomic E-state index is 12.7. The molecule has 0 saturated carbocycles. The third-order valence-electron chi connectivity index (χ3n) is 9.53. The average molecular weight is 843 g/mol. The zero-order chi connectivity index (χ0) is 44.4. The van der Waals surface area contributed by atoms with Crippen LogP contribution in [0.4, 0.5) is 0 Å². The van der Waals surface area contributed by atoms with Crippen LogP contribution in [0.5, 0.6) is 0 Å². The molecule has 0 aromatic heterocycles. The number of unbranched alkanes of at least 4 members (excludes halogenated alkanes) is 13. The molecule has 0 bridgehead atoms. The molecule has 0 aromatic carbocycles. The molecule has 6 nitrogen and oxygen atoms in total. The molecule has 0 aliphatic rings. The first-order chi connectivity index (χ1) is 30.0. The van der Waals surface area contributed by atoms with Crippen molar-refractivity contribution in [3.8, 4) is 0 Å². The van der Waals surface area contributed by atoms with E-state index in [1.807, 2.05) is 12.2 Å². The minimum absolute atomic E-state index is 0.132. The molecule has 0 aliphatic carbocycles. The molecule has 0 fully saturated rings. The quantitative estimate of drug-likeness (QED) is 0.0201. The van der Waals surface area contributed by atoms with Crippen molar-refractivity contribution in [1.82, 2.24) is 0 Å². The van der Waals surface area contributed by atoms with E-state index in [0.29, 0.717) is 19.3 Å². The number of hydrogen-bond donors (Lipinski definition) is 0. The highest BCUT2D eigenvalue weighted by molar-refractivity contribution is 5.71. The van der Waals surface area contributed by atoms with Crippen LogP contribution >= 0.6 is 0 Å². The number of carbonyl (C=O) groups is 3. The van der Waals surface area contributed by atoms with Gasteiger partial charge in [-0.25, -0.2) is 0 Å². The summed E-state index contributed by atoms with van der Waals surface area (Å²) in [7, 11) is 0. The number of esters is 3. The maximum atomic E-state index is 12.7. The summed E-state index contributed by atoms with van der Waals surface area (Å²) in [6, 6.07) is 0. The summed E-state index contributed by atoms with van der Waals surface area (Å²) in [5.41, 5.74) is 0. The Balaban J connectivity index is 4.56. The fraction of sp³-hybridized carbons (Fsp3) is 0.582. The van der Waals surface area contributed by atoms with Gasteiger partial charge in [0.1, 0.15) is 13.2 Å². The van der Waals surface area contributed by atoms with Crippen LogP contribution in [0.3, 0.4) is 0 Å². The van der Waals surface area contributed by atoms with Gasteiger partial charge in [0.25, 0.3) is 0 Å². The largest absolute Gasteiger partial charge is 0.462 e. The maximum Gasteiger partial charge on any atom is 0.306 e. The van der Waals surface area contributed by atoms with Crippen LogP contribution in [0, 0.1) is 0 Å². The van der Waals surface area contributed by atoms with Gasteiger partial charge in [0, 0.05) is 19.3 Å². The SMILES string of the molecule is CC/C=C\C/C=C\C/C=C\C/C=C\C/C=C\CCC(=O)OC(COC(=O)CCC/C=C\CCCCCC)COC(=O)CCCCCCC\C=C/C=C\C=C/C=C\CCCCC. The molecule has 0 aliphatic heterocycles. The third-order valence-corrected chi connectivity index (χ3v) is 9.53. The van der Waals surface area contributed by atoms with Crippen molar-refractivity contribution < 1.29 is 28.6 Å². The fourth-order valence-electron chi connectivity index (χ4n) is 5.92. The van der Waals surface area contributed by atoms with Gasteiger partial charge < -0.3 is 14.2 Å². The Kier molecular flexibility index (Phi) is 45.1. The topological polar surface area (TPSA) is 78.9 Å². The lowest BCUT2D eigenvalue weighted by Gasteiger charge is -2.18. The van der Waals surface area contributed by atoms with E-state index < -0.39 is 12.1 Å². The number of carbonyl (C=O) groups excluding carboxylic acids is 3. The minimum Gasteiger partial charge on any atom is -0.462 e. The third kappa shape index (κ3) is 46.7. The van der Waals surface area contributed by atoms with E-state index in [0.717, 1.165) is 89.9 Å². The van der Waals surface area contributed by atoms with Gasteiger partial charge in [-0.2, -0.15) is 0 Å². The Morgan fingerprint density at radius 2 is 0.754 bits per heavy atom. The molecule has 0 spiro atoms. The van der Waals surface area contributed by atoms with Gasteiger partial charge in [0.05, 0.1) is 0 Å². The Labute approximate surface area is 373 Å². The monoisotopic (exact) mass is 843 g/mol. The highest BCUT2D eigenvalue weighted by atomic mass is 16.6. The number of ether oxygens (including phenoxy) is 3. The first-order valence-corrected chi connectivity index (χ1v) is 24.1. The van der Waals surface area contributed by atoms with E-state index in [9.17, 15) is 14.4 Å². The molecule has 1 atom stereocenters. The summed E-state index contributed by atoms with van der Waals surface area (Å²) in [4.78, 5) is 37.7. The van der Waals surface area contributed by atoms with Gasteiger partial charge in [0.15, 0.2) is 6.10 Å². The van der Waals surface area contributed by atoms with E-state index in [2.05, 4.69) is 130 Å². The summed E-state index contributed by atoms with van der Waals surface area (Å²) in [5.74, 6) is -1.09. The first kappa shape index (κ1) is 56.8. The molecule has 61 heavy (non-hydrogen) atoms. The van der Waals surface area contributed by atoms with Crippen molar-refractivity contribution in [2.75, 3.05) is 13.2 Å². The zero-order valence-electron chi connectivity index (χ0n) is 38.9. The summed E-state index contributed by atoms with van der Waals surface area (Å²) in [6.07, 6.45) is 66.3. The molecule has 0 amide bonds. The first-order valence-electron chi connectivity index (χ1n) is 24.1. The molecular weight excluding hydrogens is 757 g/mol. The van der Waals surface area contributed by atoms with Crippen molar-refractivity contribution in [3.05, 3.63) is 122 Å². The van der Waals surface area contributed by atoms with Crippen LogP contribution in [0.15, 0.2) is 122 Å². The van der Waals surface area contributed by atoms with Gasteiger partial charge in [-0.05, 0) is 96.3 Å². The number of rotatable bonds is 41. The molecule has 0 radical (unpaired) electrons.